The molecule has 5 nitrogen and oxygen atoms in total. The maximum Gasteiger partial charge on any atom is 0.303 e. The summed E-state index contributed by atoms with van der Waals surface area (Å²) in [7, 11) is 0. The number of rotatable bonds is 26. The normalized spacial score (nSPS) is 11.0. The molecule has 0 heterocycles. The van der Waals surface area contributed by atoms with Crippen LogP contribution >= 0.6 is 11.8 Å². The first-order chi connectivity index (χ1) is 17.6. The molecule has 0 radical (unpaired) electrons. The second-order valence-electron chi connectivity index (χ2n) is 9.80. The van der Waals surface area contributed by atoms with Gasteiger partial charge in [-0.3, -0.25) is 9.59 Å². The highest BCUT2D eigenvalue weighted by molar-refractivity contribution is 7.99. The molecule has 0 aliphatic heterocycles. The fourth-order valence-electron chi connectivity index (χ4n) is 4.31. The summed E-state index contributed by atoms with van der Waals surface area (Å²) in [5, 5.41) is 17.3. The number of para-hydroxylation sites is 1. The van der Waals surface area contributed by atoms with Crippen molar-refractivity contribution < 1.29 is 24.5 Å². The second-order valence-corrected chi connectivity index (χ2v) is 10.9. The van der Waals surface area contributed by atoms with Crippen molar-refractivity contribution in [3.8, 4) is 5.75 Å². The summed E-state index contributed by atoms with van der Waals surface area (Å²) < 4.78 is 5.79. The molecular formula is C30H50O5S. The molecule has 0 aromatic heterocycles. The monoisotopic (exact) mass is 522 g/mol. The Bertz CT molecular complexity index is 679. The average molecular weight is 523 g/mol. The van der Waals surface area contributed by atoms with E-state index in [1.807, 2.05) is 30.0 Å². The van der Waals surface area contributed by atoms with E-state index in [0.29, 0.717) is 19.4 Å². The first-order valence-corrected chi connectivity index (χ1v) is 15.4. The van der Waals surface area contributed by atoms with Crippen LogP contribution in [0.2, 0.25) is 0 Å². The van der Waals surface area contributed by atoms with Crippen LogP contribution in [0, 0.1) is 0 Å². The van der Waals surface area contributed by atoms with Crippen molar-refractivity contribution in [1.82, 2.24) is 0 Å². The predicted octanol–water partition coefficient (Wildman–Crippen LogP) is 9.13. The van der Waals surface area contributed by atoms with Crippen LogP contribution in [0.1, 0.15) is 128 Å². The van der Waals surface area contributed by atoms with Gasteiger partial charge in [-0.1, -0.05) is 108 Å². The third-order valence-electron chi connectivity index (χ3n) is 6.43. The van der Waals surface area contributed by atoms with E-state index in [1.54, 1.807) is 0 Å². The predicted molar refractivity (Wildman–Crippen MR) is 150 cm³/mol. The number of carbonyl (C=O) groups is 2. The molecule has 0 fully saturated rings. The first-order valence-electron chi connectivity index (χ1n) is 14.4. The van der Waals surface area contributed by atoms with Crippen molar-refractivity contribution in [3.05, 3.63) is 24.3 Å². The lowest BCUT2D eigenvalue weighted by atomic mass is 10.0. The molecule has 0 aliphatic carbocycles. The molecule has 0 aliphatic rings. The van der Waals surface area contributed by atoms with E-state index in [2.05, 4.69) is 6.07 Å². The van der Waals surface area contributed by atoms with Gasteiger partial charge in [0.05, 0.1) is 6.61 Å². The Hall–Kier alpha value is -1.69. The summed E-state index contributed by atoms with van der Waals surface area (Å²) >= 11 is 1.84. The van der Waals surface area contributed by atoms with E-state index in [1.165, 1.54) is 96.3 Å². The van der Waals surface area contributed by atoms with Crippen LogP contribution in [0.25, 0.3) is 0 Å². The number of benzene rings is 1. The van der Waals surface area contributed by atoms with E-state index < -0.39 is 11.9 Å². The Morgan fingerprint density at radius 1 is 0.583 bits per heavy atom. The van der Waals surface area contributed by atoms with E-state index in [9.17, 15) is 9.59 Å². The molecule has 0 bridgehead atoms. The fourth-order valence-corrected chi connectivity index (χ4v) is 5.32. The Morgan fingerprint density at radius 3 is 1.50 bits per heavy atom. The third-order valence-corrected chi connectivity index (χ3v) is 7.58. The summed E-state index contributed by atoms with van der Waals surface area (Å²) in [5.74, 6) is 0.529. The van der Waals surface area contributed by atoms with E-state index >= 15 is 0 Å². The highest BCUT2D eigenvalue weighted by Crippen LogP contribution is 2.30. The summed E-state index contributed by atoms with van der Waals surface area (Å²) in [5.41, 5.74) is 0. The van der Waals surface area contributed by atoms with Gasteiger partial charge in [0.1, 0.15) is 5.75 Å². The first kappa shape index (κ1) is 32.3. The summed E-state index contributed by atoms with van der Waals surface area (Å²) in [4.78, 5) is 22.2. The van der Waals surface area contributed by atoms with Gasteiger partial charge in [0.15, 0.2) is 0 Å². The lowest BCUT2D eigenvalue weighted by Crippen LogP contribution is -2.02. The van der Waals surface area contributed by atoms with Gasteiger partial charge < -0.3 is 14.9 Å². The summed E-state index contributed by atoms with van der Waals surface area (Å²) in [6.07, 6.45) is 22.8. The van der Waals surface area contributed by atoms with Gasteiger partial charge in [0, 0.05) is 17.7 Å². The molecule has 1 aromatic rings. The van der Waals surface area contributed by atoms with Gasteiger partial charge in [-0.25, -0.2) is 0 Å². The number of carboxylic acids is 2. The van der Waals surface area contributed by atoms with Gasteiger partial charge in [-0.15, -0.1) is 11.8 Å². The van der Waals surface area contributed by atoms with Gasteiger partial charge in [0.2, 0.25) is 0 Å². The number of unbranched alkanes of at least 4 members (excludes halogenated alkanes) is 16. The zero-order chi connectivity index (χ0) is 26.1. The Kier molecular flexibility index (Phi) is 21.3. The van der Waals surface area contributed by atoms with E-state index in [-0.39, 0.29) is 6.42 Å². The van der Waals surface area contributed by atoms with Crippen molar-refractivity contribution in [3.63, 3.8) is 0 Å². The zero-order valence-corrected chi connectivity index (χ0v) is 23.2. The van der Waals surface area contributed by atoms with Crippen molar-refractivity contribution >= 4 is 23.7 Å². The lowest BCUT2D eigenvalue weighted by Gasteiger charge is -2.10. The Labute approximate surface area is 223 Å². The second kappa shape index (κ2) is 23.7. The van der Waals surface area contributed by atoms with Crippen molar-refractivity contribution in [2.24, 2.45) is 0 Å². The van der Waals surface area contributed by atoms with Gasteiger partial charge in [-0.05, 0) is 37.1 Å². The molecule has 0 atom stereocenters. The minimum atomic E-state index is -0.775. The highest BCUT2D eigenvalue weighted by atomic mass is 32.2. The maximum atomic E-state index is 10.6. The SMILES string of the molecule is O=C(O)CCCCCCCCCCCCCCCCCCCSc1ccccc1OCCCC(=O)O. The Morgan fingerprint density at radius 2 is 1.00 bits per heavy atom. The topological polar surface area (TPSA) is 83.8 Å². The molecule has 0 spiro atoms. The number of ether oxygens (including phenoxy) is 1. The summed E-state index contributed by atoms with van der Waals surface area (Å²) in [6.45, 7) is 0.447. The molecule has 1 rings (SSSR count). The number of thioether (sulfide) groups is 1. The molecule has 6 heteroatoms. The van der Waals surface area contributed by atoms with Crippen LogP contribution in [0.15, 0.2) is 29.2 Å². The van der Waals surface area contributed by atoms with Crippen LogP contribution in [0.5, 0.6) is 5.75 Å². The quantitative estimate of drug-likeness (QED) is 0.0932. The molecule has 36 heavy (non-hydrogen) atoms. The molecular weight excluding hydrogens is 472 g/mol. The van der Waals surface area contributed by atoms with Crippen LogP contribution in [-0.2, 0) is 9.59 Å². The minimum Gasteiger partial charge on any atom is -0.492 e. The third kappa shape index (κ3) is 20.5. The maximum absolute atomic E-state index is 10.6. The van der Waals surface area contributed by atoms with E-state index in [4.69, 9.17) is 14.9 Å². The largest absolute Gasteiger partial charge is 0.492 e. The average Bonchev–Trinajstić information content (AvgIpc) is 2.85. The lowest BCUT2D eigenvalue weighted by molar-refractivity contribution is -0.138. The molecule has 1 aromatic carbocycles. The van der Waals surface area contributed by atoms with Gasteiger partial charge in [-0.2, -0.15) is 0 Å². The smallest absolute Gasteiger partial charge is 0.303 e. The molecule has 2 N–H and O–H groups in total. The summed E-state index contributed by atoms with van der Waals surface area (Å²) in [6, 6.07) is 8.06. The zero-order valence-electron chi connectivity index (χ0n) is 22.4. The number of aliphatic carboxylic acids is 2. The van der Waals surface area contributed by atoms with Crippen LogP contribution in [0.3, 0.4) is 0 Å². The van der Waals surface area contributed by atoms with Crippen molar-refractivity contribution in [2.45, 2.75) is 133 Å². The molecule has 0 unspecified atom stereocenters. The standard InChI is InChI=1S/C30H50O5S/c31-29(32)23-16-14-12-10-8-6-4-2-1-3-5-7-9-11-13-15-19-26-36-28-22-18-17-21-27(28)35-25-20-24-30(33)34/h17-18,21-22H,1-16,19-20,23-26H2,(H,31,32)(H,33,34). The number of hydrogen-bond acceptors (Lipinski definition) is 4. The minimum absolute atomic E-state index is 0.149. The van der Waals surface area contributed by atoms with Gasteiger partial charge >= 0.3 is 11.9 Å². The number of hydrogen-bond donors (Lipinski definition) is 2. The van der Waals surface area contributed by atoms with Crippen molar-refractivity contribution in [2.75, 3.05) is 12.4 Å². The van der Waals surface area contributed by atoms with Crippen LogP contribution in [-0.4, -0.2) is 34.5 Å². The number of carboxylic acid groups (broad SMARTS) is 2. The van der Waals surface area contributed by atoms with E-state index in [0.717, 1.165) is 29.2 Å². The van der Waals surface area contributed by atoms with Crippen molar-refractivity contribution in [1.29, 1.82) is 0 Å². The van der Waals surface area contributed by atoms with Crippen LogP contribution < -0.4 is 4.74 Å². The van der Waals surface area contributed by atoms with Gasteiger partial charge in [0.25, 0.3) is 0 Å². The molecule has 0 saturated carbocycles. The Balaban J connectivity index is 1.84. The molecule has 0 saturated heterocycles. The molecule has 0 amide bonds. The van der Waals surface area contributed by atoms with Crippen LogP contribution in [0.4, 0.5) is 0 Å². The fraction of sp³-hybridized carbons (Fsp3) is 0.733. The molecule has 206 valence electrons. The highest BCUT2D eigenvalue weighted by Gasteiger charge is 2.05.